The van der Waals surface area contributed by atoms with Gasteiger partial charge in [0.2, 0.25) is 11.8 Å². The van der Waals surface area contributed by atoms with E-state index in [1.807, 2.05) is 30.3 Å². The van der Waals surface area contributed by atoms with Gasteiger partial charge >= 0.3 is 5.97 Å². The molecule has 3 N–H and O–H groups in total. The van der Waals surface area contributed by atoms with Crippen LogP contribution in [0.25, 0.3) is 0 Å². The number of amides is 2. The largest absolute Gasteiger partial charge is 0.479 e. The molecule has 27 heavy (non-hydrogen) atoms. The molecule has 6 nitrogen and oxygen atoms in total. The number of nitrogens with one attached hydrogen (secondary N) is 2. The summed E-state index contributed by atoms with van der Waals surface area (Å²) in [6.07, 6.45) is 0.275. The monoisotopic (exact) mass is 388 g/mol. The number of benzene rings is 2. The Kier molecular flexibility index (Phi) is 6.96. The molecule has 0 aromatic heterocycles. The van der Waals surface area contributed by atoms with E-state index in [4.69, 9.17) is 11.6 Å². The minimum Gasteiger partial charge on any atom is -0.479 e. The summed E-state index contributed by atoms with van der Waals surface area (Å²) in [7, 11) is 0. The van der Waals surface area contributed by atoms with Gasteiger partial charge in [0.15, 0.2) is 5.54 Å². The zero-order valence-corrected chi connectivity index (χ0v) is 15.6. The Labute approximate surface area is 162 Å². The van der Waals surface area contributed by atoms with Gasteiger partial charge in [-0.3, -0.25) is 9.59 Å². The average molecular weight is 389 g/mol. The molecule has 0 aliphatic heterocycles. The lowest BCUT2D eigenvalue weighted by molar-refractivity contribution is -0.148. The zero-order valence-electron chi connectivity index (χ0n) is 14.9. The summed E-state index contributed by atoms with van der Waals surface area (Å²) in [5.74, 6) is -2.09. The highest BCUT2D eigenvalue weighted by atomic mass is 35.5. The third-order valence-corrected chi connectivity index (χ3v) is 4.49. The third kappa shape index (κ3) is 5.31. The second-order valence-corrected chi connectivity index (χ2v) is 6.49. The highest BCUT2D eigenvalue weighted by molar-refractivity contribution is 6.30. The van der Waals surface area contributed by atoms with Crippen molar-refractivity contribution in [3.8, 4) is 0 Å². The minimum atomic E-state index is -1.59. The van der Waals surface area contributed by atoms with Crippen LogP contribution in [0, 0.1) is 0 Å². The van der Waals surface area contributed by atoms with Crippen LogP contribution in [0.1, 0.15) is 24.5 Å². The maximum absolute atomic E-state index is 12.3. The van der Waals surface area contributed by atoms with Crippen molar-refractivity contribution < 1.29 is 19.5 Å². The van der Waals surface area contributed by atoms with E-state index in [-0.39, 0.29) is 25.3 Å². The van der Waals surface area contributed by atoms with E-state index in [1.54, 1.807) is 31.2 Å². The Balaban J connectivity index is 2.02. The van der Waals surface area contributed by atoms with Crippen LogP contribution in [0.5, 0.6) is 0 Å². The lowest BCUT2D eigenvalue weighted by Gasteiger charge is -2.30. The van der Waals surface area contributed by atoms with Crippen molar-refractivity contribution in [2.24, 2.45) is 0 Å². The molecular formula is C20H21ClN2O4. The number of rotatable bonds is 8. The molecule has 0 saturated heterocycles. The molecule has 0 aliphatic carbocycles. The second kappa shape index (κ2) is 9.19. The van der Waals surface area contributed by atoms with Crippen LogP contribution in [0.2, 0.25) is 5.02 Å². The van der Waals surface area contributed by atoms with Gasteiger partial charge in [-0.25, -0.2) is 4.79 Å². The van der Waals surface area contributed by atoms with E-state index in [2.05, 4.69) is 10.6 Å². The highest BCUT2D eigenvalue weighted by Crippen LogP contribution is 2.27. The van der Waals surface area contributed by atoms with Gasteiger partial charge < -0.3 is 15.7 Å². The van der Waals surface area contributed by atoms with Crippen LogP contribution in [0.3, 0.4) is 0 Å². The molecule has 0 aliphatic rings. The maximum atomic E-state index is 12.3. The summed E-state index contributed by atoms with van der Waals surface area (Å²) in [6, 6.07) is 15.4. The number of carbonyl (C=O) groups excluding carboxylic acids is 2. The summed E-state index contributed by atoms with van der Waals surface area (Å²) in [5.41, 5.74) is -0.359. The van der Waals surface area contributed by atoms with Crippen LogP contribution in [-0.2, 0) is 26.3 Å². The van der Waals surface area contributed by atoms with Crippen molar-refractivity contribution in [3.63, 3.8) is 0 Å². The summed E-state index contributed by atoms with van der Waals surface area (Å²) in [6.45, 7) is 1.35. The quantitative estimate of drug-likeness (QED) is 0.647. The number of carboxylic acids is 1. The van der Waals surface area contributed by atoms with Gasteiger partial charge in [-0.2, -0.15) is 0 Å². The maximum Gasteiger partial charge on any atom is 0.334 e. The Morgan fingerprint density at radius 3 is 2.19 bits per heavy atom. The molecule has 0 spiro atoms. The first-order chi connectivity index (χ1) is 12.9. The molecular weight excluding hydrogens is 368 g/mol. The number of hydrogen-bond donors (Lipinski definition) is 3. The van der Waals surface area contributed by atoms with Crippen molar-refractivity contribution >= 4 is 29.4 Å². The molecule has 1 atom stereocenters. The standard InChI is InChI=1S/C20H21ClN2O4/c1-2-20(19(26)27,15-8-10-16(21)11-9-15)23-18(25)13-22-17(24)12-14-6-4-3-5-7-14/h3-11H,2,12-13H2,1H3,(H,22,24)(H,23,25)(H,26,27). The molecule has 0 saturated carbocycles. The van der Waals surface area contributed by atoms with Gasteiger partial charge in [0, 0.05) is 5.02 Å². The Hall–Kier alpha value is -2.86. The van der Waals surface area contributed by atoms with Crippen LogP contribution in [0.15, 0.2) is 54.6 Å². The molecule has 0 bridgehead atoms. The fraction of sp³-hybridized carbons (Fsp3) is 0.250. The number of carboxylic acid groups (broad SMARTS) is 1. The first kappa shape index (κ1) is 20.5. The average Bonchev–Trinajstić information content (AvgIpc) is 2.66. The predicted molar refractivity (Wildman–Crippen MR) is 102 cm³/mol. The summed E-state index contributed by atoms with van der Waals surface area (Å²) in [4.78, 5) is 36.2. The number of halogens is 1. The van der Waals surface area contributed by atoms with E-state index in [0.717, 1.165) is 5.56 Å². The molecule has 1 unspecified atom stereocenters. The molecule has 0 fully saturated rings. The second-order valence-electron chi connectivity index (χ2n) is 6.06. The Morgan fingerprint density at radius 2 is 1.63 bits per heavy atom. The lowest BCUT2D eigenvalue weighted by atomic mass is 9.87. The Bertz CT molecular complexity index is 808. The SMILES string of the molecule is CCC(NC(=O)CNC(=O)Cc1ccccc1)(C(=O)O)c1ccc(Cl)cc1. The number of hydrogen-bond acceptors (Lipinski definition) is 3. The van der Waals surface area contributed by atoms with Crippen LogP contribution < -0.4 is 10.6 Å². The van der Waals surface area contributed by atoms with Gasteiger partial charge in [0.1, 0.15) is 0 Å². The normalized spacial score (nSPS) is 12.7. The van der Waals surface area contributed by atoms with Crippen molar-refractivity contribution in [1.29, 1.82) is 0 Å². The fourth-order valence-corrected chi connectivity index (χ4v) is 2.86. The molecule has 2 rings (SSSR count). The third-order valence-electron chi connectivity index (χ3n) is 4.24. The van der Waals surface area contributed by atoms with Gasteiger partial charge in [-0.15, -0.1) is 0 Å². The van der Waals surface area contributed by atoms with Crippen LogP contribution in [-0.4, -0.2) is 29.4 Å². The molecule has 0 heterocycles. The minimum absolute atomic E-state index is 0.133. The van der Waals surface area contributed by atoms with Crippen molar-refractivity contribution in [3.05, 3.63) is 70.7 Å². The molecule has 2 amide bonds. The van der Waals surface area contributed by atoms with Gasteiger partial charge in [-0.1, -0.05) is 61.0 Å². The van der Waals surface area contributed by atoms with Gasteiger partial charge in [-0.05, 0) is 29.7 Å². The molecule has 2 aromatic carbocycles. The molecule has 142 valence electrons. The fourth-order valence-electron chi connectivity index (χ4n) is 2.73. The smallest absolute Gasteiger partial charge is 0.334 e. The molecule has 7 heteroatoms. The van der Waals surface area contributed by atoms with E-state index in [0.29, 0.717) is 10.6 Å². The lowest BCUT2D eigenvalue weighted by Crippen LogP contribution is -2.53. The van der Waals surface area contributed by atoms with E-state index >= 15 is 0 Å². The highest BCUT2D eigenvalue weighted by Gasteiger charge is 2.40. The number of carbonyl (C=O) groups is 3. The Morgan fingerprint density at radius 1 is 1.00 bits per heavy atom. The van der Waals surface area contributed by atoms with Gasteiger partial charge in [0.25, 0.3) is 0 Å². The first-order valence-corrected chi connectivity index (χ1v) is 8.86. The van der Waals surface area contributed by atoms with E-state index in [9.17, 15) is 19.5 Å². The van der Waals surface area contributed by atoms with Gasteiger partial charge in [0.05, 0.1) is 13.0 Å². The van der Waals surface area contributed by atoms with Crippen molar-refractivity contribution in [2.75, 3.05) is 6.54 Å². The predicted octanol–water partition coefficient (Wildman–Crippen LogP) is 2.50. The van der Waals surface area contributed by atoms with Crippen LogP contribution >= 0.6 is 11.6 Å². The van der Waals surface area contributed by atoms with E-state index < -0.39 is 17.4 Å². The van der Waals surface area contributed by atoms with E-state index in [1.165, 1.54) is 0 Å². The van der Waals surface area contributed by atoms with Crippen molar-refractivity contribution in [2.45, 2.75) is 25.3 Å². The molecule has 2 aromatic rings. The first-order valence-electron chi connectivity index (χ1n) is 8.48. The topological polar surface area (TPSA) is 95.5 Å². The zero-order chi connectivity index (χ0) is 19.9. The number of aliphatic carboxylic acids is 1. The molecule has 0 radical (unpaired) electrons. The summed E-state index contributed by atoms with van der Waals surface area (Å²) in [5, 5.41) is 15.2. The summed E-state index contributed by atoms with van der Waals surface area (Å²) >= 11 is 5.86. The van der Waals surface area contributed by atoms with Crippen molar-refractivity contribution in [1.82, 2.24) is 10.6 Å². The van der Waals surface area contributed by atoms with Crippen LogP contribution in [0.4, 0.5) is 0 Å². The summed E-state index contributed by atoms with van der Waals surface area (Å²) < 4.78 is 0.